The Hall–Kier alpha value is -0.810. The fourth-order valence-corrected chi connectivity index (χ4v) is 2.23. The Kier molecular flexibility index (Phi) is 3.58. The Morgan fingerprint density at radius 1 is 1.35 bits per heavy atom. The molecule has 1 N–H and O–H groups in total. The van der Waals surface area contributed by atoms with Crippen LogP contribution >= 0.6 is 0 Å². The van der Waals surface area contributed by atoms with E-state index in [1.807, 2.05) is 25.7 Å². The third kappa shape index (κ3) is 3.33. The van der Waals surface area contributed by atoms with Crippen LogP contribution < -0.4 is 5.32 Å². The fourth-order valence-electron chi connectivity index (χ4n) is 2.23. The zero-order chi connectivity index (χ0) is 12.5. The third-order valence-corrected chi connectivity index (χ3v) is 3.00. The van der Waals surface area contributed by atoms with E-state index in [0.717, 1.165) is 26.2 Å². The van der Waals surface area contributed by atoms with Crippen LogP contribution in [0.25, 0.3) is 0 Å². The Balaban J connectivity index is 2.06. The number of fused-ring (bicyclic) bond motifs is 3. The molecular weight excluding hydrogens is 220 g/mol. The molecule has 98 valence electrons. The Labute approximate surface area is 102 Å². The van der Waals surface area contributed by atoms with Crippen LogP contribution in [0.15, 0.2) is 0 Å². The second-order valence-electron chi connectivity index (χ2n) is 5.85. The molecule has 2 bridgehead atoms. The minimum atomic E-state index is -0.439. The summed E-state index contributed by atoms with van der Waals surface area (Å²) in [6.45, 7) is 9.43. The SMILES string of the molecule is CC(C)(C)OC(=O)N1CC2CNCC1COC2. The predicted molar refractivity (Wildman–Crippen MR) is 63.9 cm³/mol. The van der Waals surface area contributed by atoms with Crippen molar-refractivity contribution in [1.82, 2.24) is 10.2 Å². The van der Waals surface area contributed by atoms with Crippen LogP contribution in [0.2, 0.25) is 0 Å². The summed E-state index contributed by atoms with van der Waals surface area (Å²) in [5.41, 5.74) is -0.439. The first kappa shape index (κ1) is 12.6. The van der Waals surface area contributed by atoms with Crippen molar-refractivity contribution < 1.29 is 14.3 Å². The van der Waals surface area contributed by atoms with Crippen LogP contribution in [-0.2, 0) is 9.47 Å². The van der Waals surface area contributed by atoms with Crippen molar-refractivity contribution in [2.24, 2.45) is 5.92 Å². The predicted octanol–water partition coefficient (Wildman–Crippen LogP) is 0.842. The van der Waals surface area contributed by atoms with Crippen LogP contribution in [0.5, 0.6) is 0 Å². The molecule has 0 saturated carbocycles. The van der Waals surface area contributed by atoms with Gasteiger partial charge in [-0.05, 0) is 20.8 Å². The van der Waals surface area contributed by atoms with Gasteiger partial charge in [0, 0.05) is 25.6 Å². The van der Waals surface area contributed by atoms with E-state index < -0.39 is 5.60 Å². The fraction of sp³-hybridized carbons (Fsp3) is 0.917. The molecule has 2 rings (SSSR count). The molecule has 0 aromatic heterocycles. The molecule has 2 fully saturated rings. The number of hydrogen-bond donors (Lipinski definition) is 1. The summed E-state index contributed by atoms with van der Waals surface area (Å²) in [6, 6.07) is 0.0948. The summed E-state index contributed by atoms with van der Waals surface area (Å²) in [5.74, 6) is 0.370. The highest BCUT2D eigenvalue weighted by atomic mass is 16.6. The molecule has 0 spiro atoms. The number of rotatable bonds is 0. The lowest BCUT2D eigenvalue weighted by Gasteiger charge is -2.30. The second kappa shape index (κ2) is 4.82. The first-order valence-corrected chi connectivity index (χ1v) is 6.24. The molecule has 2 aliphatic rings. The Morgan fingerprint density at radius 2 is 2.12 bits per heavy atom. The van der Waals surface area contributed by atoms with Gasteiger partial charge in [-0.1, -0.05) is 0 Å². The molecule has 17 heavy (non-hydrogen) atoms. The molecule has 0 aromatic rings. The van der Waals surface area contributed by atoms with Crippen molar-refractivity contribution in [3.8, 4) is 0 Å². The van der Waals surface area contributed by atoms with Gasteiger partial charge in [-0.3, -0.25) is 0 Å². The van der Waals surface area contributed by atoms with Gasteiger partial charge in [0.2, 0.25) is 0 Å². The Bertz CT molecular complexity index is 278. The highest BCUT2D eigenvalue weighted by Gasteiger charge is 2.34. The van der Waals surface area contributed by atoms with Gasteiger partial charge in [-0.2, -0.15) is 0 Å². The zero-order valence-electron chi connectivity index (χ0n) is 10.9. The number of ether oxygens (including phenoxy) is 2. The van der Waals surface area contributed by atoms with Crippen molar-refractivity contribution in [2.45, 2.75) is 32.4 Å². The van der Waals surface area contributed by atoms with Gasteiger partial charge >= 0.3 is 6.09 Å². The van der Waals surface area contributed by atoms with Gasteiger partial charge in [0.1, 0.15) is 5.60 Å². The normalized spacial score (nSPS) is 29.7. The minimum Gasteiger partial charge on any atom is -0.444 e. The number of hydrogen-bond acceptors (Lipinski definition) is 4. The van der Waals surface area contributed by atoms with Crippen molar-refractivity contribution in [3.05, 3.63) is 0 Å². The third-order valence-electron chi connectivity index (χ3n) is 3.00. The Morgan fingerprint density at radius 3 is 2.82 bits per heavy atom. The van der Waals surface area contributed by atoms with Crippen LogP contribution in [0.1, 0.15) is 20.8 Å². The van der Waals surface area contributed by atoms with Gasteiger partial charge in [0.25, 0.3) is 0 Å². The first-order chi connectivity index (χ1) is 7.96. The molecule has 0 radical (unpaired) electrons. The van der Waals surface area contributed by atoms with Crippen molar-refractivity contribution >= 4 is 6.09 Å². The molecular formula is C12H22N2O3. The summed E-state index contributed by atoms with van der Waals surface area (Å²) < 4.78 is 11.0. The monoisotopic (exact) mass is 242 g/mol. The summed E-state index contributed by atoms with van der Waals surface area (Å²) in [7, 11) is 0. The summed E-state index contributed by atoms with van der Waals surface area (Å²) in [4.78, 5) is 14.0. The van der Waals surface area contributed by atoms with Crippen molar-refractivity contribution in [1.29, 1.82) is 0 Å². The van der Waals surface area contributed by atoms with E-state index in [2.05, 4.69) is 5.32 Å². The quantitative estimate of drug-likeness (QED) is 0.684. The number of amides is 1. The smallest absolute Gasteiger partial charge is 0.410 e. The van der Waals surface area contributed by atoms with Gasteiger partial charge < -0.3 is 19.7 Å². The molecule has 2 unspecified atom stereocenters. The second-order valence-corrected chi connectivity index (χ2v) is 5.85. The maximum absolute atomic E-state index is 12.1. The standard InChI is InChI=1S/C12H22N2O3/c1-12(2,3)17-11(15)14-6-9-4-13-5-10(14)8-16-7-9/h9-10,13H,4-8H2,1-3H3. The molecule has 2 atom stereocenters. The largest absolute Gasteiger partial charge is 0.444 e. The van der Waals surface area contributed by atoms with Crippen LogP contribution in [0.3, 0.4) is 0 Å². The van der Waals surface area contributed by atoms with Crippen molar-refractivity contribution in [3.63, 3.8) is 0 Å². The van der Waals surface area contributed by atoms with E-state index >= 15 is 0 Å². The van der Waals surface area contributed by atoms with Crippen LogP contribution in [0.4, 0.5) is 4.79 Å². The maximum atomic E-state index is 12.1. The lowest BCUT2D eigenvalue weighted by molar-refractivity contribution is 0.0131. The molecule has 5 heteroatoms. The summed E-state index contributed by atoms with van der Waals surface area (Å²) in [6.07, 6.45) is -0.221. The lowest BCUT2D eigenvalue weighted by atomic mass is 10.1. The summed E-state index contributed by atoms with van der Waals surface area (Å²) >= 11 is 0. The average molecular weight is 242 g/mol. The first-order valence-electron chi connectivity index (χ1n) is 6.24. The van der Waals surface area contributed by atoms with E-state index in [4.69, 9.17) is 9.47 Å². The van der Waals surface area contributed by atoms with E-state index in [1.54, 1.807) is 0 Å². The number of nitrogens with zero attached hydrogens (tertiary/aromatic N) is 1. The molecule has 1 amide bonds. The molecule has 5 nitrogen and oxygen atoms in total. The van der Waals surface area contributed by atoms with Crippen LogP contribution in [-0.4, -0.2) is 55.5 Å². The zero-order valence-corrected chi connectivity index (χ0v) is 10.9. The van der Waals surface area contributed by atoms with E-state index in [0.29, 0.717) is 12.5 Å². The van der Waals surface area contributed by atoms with Gasteiger partial charge in [-0.15, -0.1) is 0 Å². The average Bonchev–Trinajstić information content (AvgIpc) is 2.44. The van der Waals surface area contributed by atoms with E-state index in [9.17, 15) is 4.79 Å². The number of carbonyl (C=O) groups is 1. The topological polar surface area (TPSA) is 50.8 Å². The van der Waals surface area contributed by atoms with Gasteiger partial charge in [0.05, 0.1) is 19.3 Å². The molecule has 2 saturated heterocycles. The maximum Gasteiger partial charge on any atom is 0.410 e. The molecule has 0 aromatic carbocycles. The van der Waals surface area contributed by atoms with E-state index in [-0.39, 0.29) is 12.1 Å². The highest BCUT2D eigenvalue weighted by molar-refractivity contribution is 5.68. The van der Waals surface area contributed by atoms with Gasteiger partial charge in [-0.25, -0.2) is 4.79 Å². The van der Waals surface area contributed by atoms with Crippen molar-refractivity contribution in [2.75, 3.05) is 32.8 Å². The van der Waals surface area contributed by atoms with E-state index in [1.165, 1.54) is 0 Å². The lowest BCUT2D eigenvalue weighted by Crippen LogP contribution is -2.47. The summed E-state index contributed by atoms with van der Waals surface area (Å²) in [5, 5.41) is 3.37. The molecule has 2 heterocycles. The number of carbonyl (C=O) groups excluding carboxylic acids is 1. The highest BCUT2D eigenvalue weighted by Crippen LogP contribution is 2.18. The minimum absolute atomic E-state index is 0.0948. The molecule has 2 aliphatic heterocycles. The molecule has 0 aliphatic carbocycles. The number of nitrogens with one attached hydrogen (secondary N) is 1. The van der Waals surface area contributed by atoms with Crippen LogP contribution in [0, 0.1) is 5.92 Å². The van der Waals surface area contributed by atoms with Gasteiger partial charge in [0.15, 0.2) is 0 Å².